The molecule has 11 rings (SSSR count). The molecule has 6 heterocycles. The first kappa shape index (κ1) is 38.0. The van der Waals surface area contributed by atoms with Crippen molar-refractivity contribution in [3.63, 3.8) is 0 Å². The van der Waals surface area contributed by atoms with Crippen molar-refractivity contribution in [2.24, 2.45) is 5.92 Å². The van der Waals surface area contributed by atoms with E-state index < -0.39 is 0 Å². The van der Waals surface area contributed by atoms with Crippen LogP contribution in [0.2, 0.25) is 0 Å². The van der Waals surface area contributed by atoms with Gasteiger partial charge in [0.25, 0.3) is 11.9 Å². The quantitative estimate of drug-likeness (QED) is 0.0891. The number of carbonyl (C=O) groups excluding carboxylic acids is 1. The zero-order valence-electron chi connectivity index (χ0n) is 35.2. The van der Waals surface area contributed by atoms with Crippen molar-refractivity contribution >= 4 is 61.8 Å². The van der Waals surface area contributed by atoms with Gasteiger partial charge in [-0.15, -0.1) is 10.2 Å². The second-order valence-corrected chi connectivity index (χ2v) is 16.7. The molecule has 0 saturated heterocycles. The van der Waals surface area contributed by atoms with E-state index in [0.717, 1.165) is 91.2 Å². The van der Waals surface area contributed by atoms with Crippen LogP contribution in [0.4, 0.5) is 23.0 Å². The number of rotatable bonds is 12. The fourth-order valence-electron chi connectivity index (χ4n) is 9.16. The highest BCUT2D eigenvalue weighted by molar-refractivity contribution is 6.01. The van der Waals surface area contributed by atoms with Crippen molar-refractivity contribution in [3.05, 3.63) is 167 Å². The van der Waals surface area contributed by atoms with Gasteiger partial charge in [0.2, 0.25) is 5.91 Å². The molecule has 1 fully saturated rings. The lowest BCUT2D eigenvalue weighted by atomic mass is 10.0. The van der Waals surface area contributed by atoms with Crippen LogP contribution in [-0.4, -0.2) is 44.2 Å². The fraction of sp³-hybridized carbons (Fsp3) is 0.180. The third-order valence-electron chi connectivity index (χ3n) is 12.3. The highest BCUT2D eigenvalue weighted by Crippen LogP contribution is 2.51. The molecular weight excluding hydrogens is 785 g/mol. The summed E-state index contributed by atoms with van der Waals surface area (Å²) in [7, 11) is 0. The number of nitrogens with zero attached hydrogens (tertiary/aromatic N) is 8. The summed E-state index contributed by atoms with van der Waals surface area (Å²) in [5.74, 6) is 3.31. The van der Waals surface area contributed by atoms with Crippen LogP contribution < -0.4 is 21.7 Å². The minimum Gasteiger partial charge on any atom is -0.398 e. The van der Waals surface area contributed by atoms with E-state index in [0.29, 0.717) is 36.8 Å². The molecule has 0 radical (unpaired) electrons. The number of nitrogen functional groups attached to an aromatic ring is 1. The molecule has 312 valence electrons. The maximum Gasteiger partial charge on any atom is 0.254 e. The largest absolute Gasteiger partial charge is 0.398 e. The SMILES string of the molecule is CC(=O)Nc1cccc2c1cc(C)n2-c1nc(NCc2ccccc2)c2cc([C@@H]3CC3Cc3ccc4c(cc(C)n4-c4nc(NCc5ccccc5)c5cccn5n4)c3N)cn2n1. The molecule has 63 heavy (non-hydrogen) atoms. The molecule has 0 spiro atoms. The summed E-state index contributed by atoms with van der Waals surface area (Å²) < 4.78 is 7.98. The lowest BCUT2D eigenvalue weighted by Gasteiger charge is -2.13. The highest BCUT2D eigenvalue weighted by Gasteiger charge is 2.39. The number of amides is 1. The second kappa shape index (κ2) is 15.2. The number of hydrogen-bond acceptors (Lipinski definition) is 8. The van der Waals surface area contributed by atoms with E-state index >= 15 is 0 Å². The van der Waals surface area contributed by atoms with E-state index in [4.69, 9.17) is 25.9 Å². The molecule has 6 aromatic heterocycles. The van der Waals surface area contributed by atoms with Crippen LogP contribution in [0.3, 0.4) is 0 Å². The average Bonchev–Trinajstić information content (AvgIpc) is 3.64. The van der Waals surface area contributed by atoms with Crippen molar-refractivity contribution in [2.75, 3.05) is 21.7 Å². The van der Waals surface area contributed by atoms with Gasteiger partial charge in [-0.3, -0.25) is 13.9 Å². The number of carbonyl (C=O) groups is 1. The molecule has 10 aromatic rings. The number of benzene rings is 4. The van der Waals surface area contributed by atoms with Gasteiger partial charge in [0, 0.05) is 60.3 Å². The Morgan fingerprint density at radius 3 is 1.98 bits per heavy atom. The summed E-state index contributed by atoms with van der Waals surface area (Å²) >= 11 is 0. The Morgan fingerprint density at radius 2 is 1.30 bits per heavy atom. The lowest BCUT2D eigenvalue weighted by Crippen LogP contribution is -2.11. The molecule has 1 aliphatic carbocycles. The van der Waals surface area contributed by atoms with Crippen LogP contribution in [0.1, 0.15) is 52.9 Å². The minimum atomic E-state index is -0.118. The molecule has 13 heteroatoms. The van der Waals surface area contributed by atoms with E-state index in [9.17, 15) is 4.79 Å². The normalized spacial score (nSPS) is 14.8. The van der Waals surface area contributed by atoms with Gasteiger partial charge in [-0.1, -0.05) is 72.8 Å². The number of nitrogens with two attached hydrogens (primary N) is 1. The molecule has 1 amide bonds. The Labute approximate surface area is 363 Å². The molecule has 1 unspecified atom stereocenters. The third-order valence-corrected chi connectivity index (χ3v) is 12.3. The molecule has 0 bridgehead atoms. The predicted molar refractivity (Wildman–Crippen MR) is 250 cm³/mol. The topological polar surface area (TPSA) is 149 Å². The molecule has 5 N–H and O–H groups in total. The molecule has 1 saturated carbocycles. The molecule has 1 aliphatic rings. The van der Waals surface area contributed by atoms with Crippen molar-refractivity contribution in [3.8, 4) is 11.9 Å². The summed E-state index contributed by atoms with van der Waals surface area (Å²) in [5.41, 5.74) is 19.0. The lowest BCUT2D eigenvalue weighted by molar-refractivity contribution is -0.114. The number of aryl methyl sites for hydroxylation is 2. The number of fused-ring (bicyclic) bond motifs is 4. The van der Waals surface area contributed by atoms with Crippen LogP contribution in [0.25, 0.3) is 44.7 Å². The first-order valence-corrected chi connectivity index (χ1v) is 21.4. The monoisotopic (exact) mass is 830 g/mol. The van der Waals surface area contributed by atoms with Gasteiger partial charge in [0.1, 0.15) is 11.0 Å². The fourth-order valence-corrected chi connectivity index (χ4v) is 9.16. The zero-order valence-corrected chi connectivity index (χ0v) is 35.2. The van der Waals surface area contributed by atoms with Gasteiger partial charge in [0.05, 0.1) is 16.7 Å². The number of nitrogens with one attached hydrogen (secondary N) is 3. The van der Waals surface area contributed by atoms with Crippen molar-refractivity contribution in [2.45, 2.75) is 52.6 Å². The van der Waals surface area contributed by atoms with Gasteiger partial charge >= 0.3 is 0 Å². The summed E-state index contributed by atoms with van der Waals surface area (Å²) in [5, 5.41) is 22.1. The maximum absolute atomic E-state index is 12.0. The summed E-state index contributed by atoms with van der Waals surface area (Å²) in [4.78, 5) is 22.2. The van der Waals surface area contributed by atoms with Crippen molar-refractivity contribution < 1.29 is 4.79 Å². The summed E-state index contributed by atoms with van der Waals surface area (Å²) in [6.07, 6.45) is 6.02. The van der Waals surface area contributed by atoms with Crippen LogP contribution in [0.5, 0.6) is 0 Å². The van der Waals surface area contributed by atoms with E-state index in [-0.39, 0.29) is 5.91 Å². The molecule has 4 aromatic carbocycles. The first-order chi connectivity index (χ1) is 30.8. The predicted octanol–water partition coefficient (Wildman–Crippen LogP) is 9.39. The van der Waals surface area contributed by atoms with E-state index in [1.807, 2.05) is 93.4 Å². The van der Waals surface area contributed by atoms with E-state index in [1.165, 1.54) is 18.1 Å². The van der Waals surface area contributed by atoms with Crippen LogP contribution in [-0.2, 0) is 24.3 Å². The Bertz CT molecular complexity index is 3360. The van der Waals surface area contributed by atoms with Gasteiger partial charge in [0.15, 0.2) is 11.6 Å². The van der Waals surface area contributed by atoms with E-state index in [2.05, 4.69) is 88.2 Å². The molecular formula is C50H46N12O. The first-order valence-electron chi connectivity index (χ1n) is 21.4. The smallest absolute Gasteiger partial charge is 0.254 e. The average molecular weight is 831 g/mol. The van der Waals surface area contributed by atoms with Crippen LogP contribution in [0, 0.1) is 19.8 Å². The van der Waals surface area contributed by atoms with Gasteiger partial charge in [-0.2, -0.15) is 9.97 Å². The Balaban J connectivity index is 0.888. The standard InChI is InChI=1S/C50H46N12O/c1-30-22-39-41(54-32(3)63)16-10-17-42(39)61(30)50-56-48(53-28-34-14-8-5-9-15-34)45-26-37(29-60(45)58-50)38-25-36(38)24-35-19-20-43-40(46(35)51)23-31(2)62(43)49-55-47(44-18-11-21-59(44)57-49)52-27-33-12-6-4-7-13-33/h4-23,26,29,36,38H,24-25,27-28,51H2,1-3H3,(H,54,63)(H,52,55,57)(H,53,56,58)/t36?,38-/m1/s1. The highest BCUT2D eigenvalue weighted by atomic mass is 16.1. The molecule has 2 atom stereocenters. The van der Waals surface area contributed by atoms with Crippen LogP contribution >= 0.6 is 0 Å². The maximum atomic E-state index is 12.0. The molecule has 0 aliphatic heterocycles. The third kappa shape index (κ3) is 6.97. The zero-order chi connectivity index (χ0) is 42.8. The summed E-state index contributed by atoms with van der Waals surface area (Å²) in [6, 6.07) is 41.3. The van der Waals surface area contributed by atoms with Gasteiger partial charge in [-0.25, -0.2) is 9.03 Å². The number of aromatic nitrogens is 8. The minimum absolute atomic E-state index is 0.118. The second-order valence-electron chi connectivity index (χ2n) is 16.7. The van der Waals surface area contributed by atoms with Gasteiger partial charge < -0.3 is 21.7 Å². The Hall–Kier alpha value is -7.93. The van der Waals surface area contributed by atoms with Gasteiger partial charge in [-0.05, 0) is 109 Å². The van der Waals surface area contributed by atoms with E-state index in [1.54, 1.807) is 0 Å². The van der Waals surface area contributed by atoms with Crippen molar-refractivity contribution in [1.29, 1.82) is 0 Å². The summed E-state index contributed by atoms with van der Waals surface area (Å²) in [6.45, 7) is 6.90. The Morgan fingerprint density at radius 1 is 0.683 bits per heavy atom. The van der Waals surface area contributed by atoms with Crippen molar-refractivity contribution in [1.82, 2.24) is 38.3 Å². The number of hydrogen-bond donors (Lipinski definition) is 4. The molecule has 13 nitrogen and oxygen atoms in total. The number of anilines is 4. The van der Waals surface area contributed by atoms with Crippen LogP contribution in [0.15, 0.2) is 134 Å². The Kier molecular flexibility index (Phi) is 9.18.